The van der Waals surface area contributed by atoms with Crippen LogP contribution < -0.4 is 5.32 Å². The van der Waals surface area contributed by atoms with Gasteiger partial charge in [0.25, 0.3) is 0 Å². The normalized spacial score (nSPS) is 18.8. The molecule has 1 aliphatic heterocycles. The van der Waals surface area contributed by atoms with Gasteiger partial charge in [-0.1, -0.05) is 12.1 Å². The number of carboxylic acids is 1. The van der Waals surface area contributed by atoms with Crippen LogP contribution in [-0.2, 0) is 16.1 Å². The number of carboxylic acid groups (broad SMARTS) is 1. The van der Waals surface area contributed by atoms with Crippen molar-refractivity contribution >= 4 is 11.9 Å². The SMILES string of the molecule is O=C(O)c1ccc(CNC(=O)[C@H]2CCCCO2)cc1. The van der Waals surface area contributed by atoms with Crippen molar-refractivity contribution in [1.29, 1.82) is 0 Å². The highest BCUT2D eigenvalue weighted by molar-refractivity contribution is 5.87. The van der Waals surface area contributed by atoms with Crippen LogP contribution in [0.15, 0.2) is 24.3 Å². The van der Waals surface area contributed by atoms with Crippen LogP contribution in [0.1, 0.15) is 35.2 Å². The average molecular weight is 263 g/mol. The summed E-state index contributed by atoms with van der Waals surface area (Å²) in [6.45, 7) is 1.03. The summed E-state index contributed by atoms with van der Waals surface area (Å²) in [6.07, 6.45) is 2.46. The molecule has 1 aromatic carbocycles. The van der Waals surface area contributed by atoms with Crippen LogP contribution in [0.2, 0.25) is 0 Å². The maximum absolute atomic E-state index is 11.8. The van der Waals surface area contributed by atoms with Crippen molar-refractivity contribution in [2.24, 2.45) is 0 Å². The van der Waals surface area contributed by atoms with Crippen molar-refractivity contribution in [2.45, 2.75) is 31.9 Å². The molecule has 2 N–H and O–H groups in total. The molecule has 1 aliphatic rings. The molecular formula is C14H17NO4. The van der Waals surface area contributed by atoms with Crippen molar-refractivity contribution in [2.75, 3.05) is 6.61 Å². The number of benzene rings is 1. The number of hydrogen-bond donors (Lipinski definition) is 2. The number of aromatic carboxylic acids is 1. The smallest absolute Gasteiger partial charge is 0.335 e. The number of amides is 1. The molecule has 1 saturated heterocycles. The lowest BCUT2D eigenvalue weighted by atomic mass is 10.1. The predicted octanol–water partition coefficient (Wildman–Crippen LogP) is 1.57. The van der Waals surface area contributed by atoms with Crippen LogP contribution in [-0.4, -0.2) is 29.7 Å². The molecule has 1 atom stereocenters. The van der Waals surface area contributed by atoms with Gasteiger partial charge in [-0.2, -0.15) is 0 Å². The Morgan fingerprint density at radius 2 is 2.00 bits per heavy atom. The standard InChI is InChI=1S/C14H17NO4/c16-13(12-3-1-2-8-19-12)15-9-10-4-6-11(7-5-10)14(17)18/h4-7,12H,1-3,8-9H2,(H,15,16)(H,17,18)/t12-/m1/s1. The molecule has 0 spiro atoms. The largest absolute Gasteiger partial charge is 0.478 e. The lowest BCUT2D eigenvalue weighted by Crippen LogP contribution is -2.37. The van der Waals surface area contributed by atoms with E-state index in [4.69, 9.17) is 9.84 Å². The molecule has 0 bridgehead atoms. The summed E-state index contributed by atoms with van der Waals surface area (Å²) in [5.41, 5.74) is 1.11. The zero-order chi connectivity index (χ0) is 13.7. The Bertz CT molecular complexity index is 449. The minimum atomic E-state index is -0.953. The van der Waals surface area contributed by atoms with Gasteiger partial charge in [0.05, 0.1) is 5.56 Å². The highest BCUT2D eigenvalue weighted by Gasteiger charge is 2.21. The maximum atomic E-state index is 11.8. The fourth-order valence-corrected chi connectivity index (χ4v) is 2.02. The van der Waals surface area contributed by atoms with Crippen molar-refractivity contribution in [3.8, 4) is 0 Å². The Hall–Kier alpha value is -1.88. The molecule has 0 unspecified atom stereocenters. The van der Waals surface area contributed by atoms with Gasteiger partial charge in [0.2, 0.25) is 5.91 Å². The second-order valence-electron chi connectivity index (χ2n) is 4.58. The first-order valence-corrected chi connectivity index (χ1v) is 6.38. The van der Waals surface area contributed by atoms with E-state index in [9.17, 15) is 9.59 Å². The van der Waals surface area contributed by atoms with Gasteiger partial charge in [-0.25, -0.2) is 4.79 Å². The van der Waals surface area contributed by atoms with Crippen LogP contribution in [0.3, 0.4) is 0 Å². The van der Waals surface area contributed by atoms with E-state index in [2.05, 4.69) is 5.32 Å². The number of carbonyl (C=O) groups excluding carboxylic acids is 1. The minimum absolute atomic E-state index is 0.0954. The van der Waals surface area contributed by atoms with Gasteiger partial charge < -0.3 is 15.2 Å². The summed E-state index contributed by atoms with van der Waals surface area (Å²) in [5, 5.41) is 11.6. The third-order valence-corrected chi connectivity index (χ3v) is 3.14. The van der Waals surface area contributed by atoms with Crippen molar-refractivity contribution < 1.29 is 19.4 Å². The molecule has 0 aromatic heterocycles. The van der Waals surface area contributed by atoms with Crippen molar-refractivity contribution in [3.63, 3.8) is 0 Å². The first-order chi connectivity index (χ1) is 9.16. The number of rotatable bonds is 4. The summed E-state index contributed by atoms with van der Waals surface area (Å²) in [7, 11) is 0. The molecule has 5 nitrogen and oxygen atoms in total. The molecule has 1 amide bonds. The first kappa shape index (κ1) is 13.5. The van der Waals surface area contributed by atoms with E-state index >= 15 is 0 Å². The van der Waals surface area contributed by atoms with Crippen molar-refractivity contribution in [3.05, 3.63) is 35.4 Å². The van der Waals surface area contributed by atoms with E-state index in [0.717, 1.165) is 24.8 Å². The molecule has 0 aliphatic carbocycles. The molecule has 1 heterocycles. The topological polar surface area (TPSA) is 75.6 Å². The second kappa shape index (κ2) is 6.33. The van der Waals surface area contributed by atoms with Gasteiger partial charge in [-0.15, -0.1) is 0 Å². The third kappa shape index (κ3) is 3.79. The van der Waals surface area contributed by atoms with E-state index in [0.29, 0.717) is 13.2 Å². The quantitative estimate of drug-likeness (QED) is 0.864. The summed E-state index contributed by atoms with van der Waals surface area (Å²) < 4.78 is 5.39. The van der Waals surface area contributed by atoms with Crippen LogP contribution in [0.4, 0.5) is 0 Å². The monoisotopic (exact) mass is 263 g/mol. The Morgan fingerprint density at radius 3 is 2.58 bits per heavy atom. The van der Waals surface area contributed by atoms with E-state index in [1.54, 1.807) is 12.1 Å². The van der Waals surface area contributed by atoms with Crippen LogP contribution >= 0.6 is 0 Å². The highest BCUT2D eigenvalue weighted by Crippen LogP contribution is 2.13. The fraction of sp³-hybridized carbons (Fsp3) is 0.429. The van der Waals surface area contributed by atoms with Gasteiger partial charge in [0, 0.05) is 13.2 Å². The summed E-state index contributed by atoms with van der Waals surface area (Å²) in [5.74, 6) is -1.05. The van der Waals surface area contributed by atoms with Gasteiger partial charge in [0.1, 0.15) is 6.10 Å². The Labute approximate surface area is 111 Å². The second-order valence-corrected chi connectivity index (χ2v) is 4.58. The Kier molecular flexibility index (Phi) is 4.52. The molecule has 102 valence electrons. The number of nitrogens with one attached hydrogen (secondary N) is 1. The molecular weight excluding hydrogens is 246 g/mol. The third-order valence-electron chi connectivity index (χ3n) is 3.14. The lowest BCUT2D eigenvalue weighted by molar-refractivity contribution is -0.135. The van der Waals surface area contributed by atoms with Gasteiger partial charge in [-0.05, 0) is 37.0 Å². The van der Waals surface area contributed by atoms with E-state index in [-0.39, 0.29) is 17.6 Å². The highest BCUT2D eigenvalue weighted by atomic mass is 16.5. The predicted molar refractivity (Wildman–Crippen MR) is 68.8 cm³/mol. The minimum Gasteiger partial charge on any atom is -0.478 e. The van der Waals surface area contributed by atoms with E-state index in [1.807, 2.05) is 0 Å². The Morgan fingerprint density at radius 1 is 1.26 bits per heavy atom. The summed E-state index contributed by atoms with van der Waals surface area (Å²) in [6, 6.07) is 6.46. The zero-order valence-electron chi connectivity index (χ0n) is 10.6. The molecule has 1 aromatic rings. The van der Waals surface area contributed by atoms with Crippen LogP contribution in [0.25, 0.3) is 0 Å². The van der Waals surface area contributed by atoms with Gasteiger partial charge in [-0.3, -0.25) is 4.79 Å². The summed E-state index contributed by atoms with van der Waals surface area (Å²) in [4.78, 5) is 22.5. The molecule has 0 saturated carbocycles. The molecule has 5 heteroatoms. The first-order valence-electron chi connectivity index (χ1n) is 6.38. The molecule has 19 heavy (non-hydrogen) atoms. The molecule has 1 fully saturated rings. The average Bonchev–Trinajstić information content (AvgIpc) is 2.46. The van der Waals surface area contributed by atoms with E-state index in [1.165, 1.54) is 12.1 Å². The lowest BCUT2D eigenvalue weighted by Gasteiger charge is -2.21. The fourth-order valence-electron chi connectivity index (χ4n) is 2.02. The van der Waals surface area contributed by atoms with Crippen LogP contribution in [0.5, 0.6) is 0 Å². The molecule has 0 radical (unpaired) electrons. The van der Waals surface area contributed by atoms with Crippen LogP contribution in [0, 0.1) is 0 Å². The Balaban J connectivity index is 1.84. The number of carbonyl (C=O) groups is 2. The van der Waals surface area contributed by atoms with Gasteiger partial charge in [0.15, 0.2) is 0 Å². The molecule has 2 rings (SSSR count). The van der Waals surface area contributed by atoms with E-state index < -0.39 is 5.97 Å². The zero-order valence-corrected chi connectivity index (χ0v) is 10.6. The number of hydrogen-bond acceptors (Lipinski definition) is 3. The van der Waals surface area contributed by atoms with Gasteiger partial charge >= 0.3 is 5.97 Å². The maximum Gasteiger partial charge on any atom is 0.335 e. The van der Waals surface area contributed by atoms with Crippen molar-refractivity contribution in [1.82, 2.24) is 5.32 Å². The number of ether oxygens (including phenoxy) is 1. The summed E-state index contributed by atoms with van der Waals surface area (Å²) >= 11 is 0.